The summed E-state index contributed by atoms with van der Waals surface area (Å²) >= 11 is 0. The molecule has 2 aromatic rings. The van der Waals surface area contributed by atoms with Crippen molar-refractivity contribution in [3.8, 4) is 0 Å². The molecule has 2 aliphatic heterocycles. The molecule has 0 aliphatic carbocycles. The van der Waals surface area contributed by atoms with Crippen LogP contribution in [0.25, 0.3) is 0 Å². The second kappa shape index (κ2) is 6.53. The first-order chi connectivity index (χ1) is 10.3. The Labute approximate surface area is 142 Å². The number of piperidine rings is 1. The van der Waals surface area contributed by atoms with Gasteiger partial charge in [0.15, 0.2) is 0 Å². The van der Waals surface area contributed by atoms with E-state index in [0.717, 1.165) is 13.1 Å². The molecule has 0 N–H and O–H groups in total. The first-order valence-electron chi connectivity index (χ1n) is 7.80. The van der Waals surface area contributed by atoms with Crippen molar-refractivity contribution in [2.45, 2.75) is 24.5 Å². The number of likely N-dealkylation sites (tertiary alicyclic amines) is 1. The maximum Gasteiger partial charge on any atom is 0.108 e. The molecule has 2 heterocycles. The Kier molecular flexibility index (Phi) is 4.67. The number of halogens is 1. The molecule has 1 fully saturated rings. The van der Waals surface area contributed by atoms with Crippen molar-refractivity contribution < 1.29 is 4.74 Å². The smallest absolute Gasteiger partial charge is 0.108 e. The van der Waals surface area contributed by atoms with E-state index in [2.05, 4.69) is 66.5 Å². The minimum Gasteiger partial charge on any atom is -0.364 e. The Balaban J connectivity index is 0.00000144. The maximum absolute atomic E-state index is 6.53. The average molecular weight is 360 g/mol. The quantitative estimate of drug-likeness (QED) is 0.757. The van der Waals surface area contributed by atoms with Gasteiger partial charge in [-0.05, 0) is 36.7 Å². The third kappa shape index (κ3) is 2.73. The van der Waals surface area contributed by atoms with Gasteiger partial charge in [0.25, 0.3) is 0 Å². The van der Waals surface area contributed by atoms with E-state index in [9.17, 15) is 0 Å². The van der Waals surface area contributed by atoms with Gasteiger partial charge in [0.2, 0.25) is 0 Å². The SMILES string of the molecule is Br.CN1CC[C@H]2c3ccccc3C(c3ccccc3)O[C@H]2C1. The van der Waals surface area contributed by atoms with E-state index >= 15 is 0 Å². The minimum absolute atomic E-state index is 0. The van der Waals surface area contributed by atoms with Crippen LogP contribution >= 0.6 is 17.0 Å². The summed E-state index contributed by atoms with van der Waals surface area (Å²) < 4.78 is 6.53. The Morgan fingerprint density at radius 2 is 1.64 bits per heavy atom. The highest BCUT2D eigenvalue weighted by Gasteiger charge is 2.38. The summed E-state index contributed by atoms with van der Waals surface area (Å²) in [6.45, 7) is 2.19. The van der Waals surface area contributed by atoms with E-state index in [0.29, 0.717) is 12.0 Å². The van der Waals surface area contributed by atoms with Gasteiger partial charge in [-0.3, -0.25) is 0 Å². The highest BCUT2D eigenvalue weighted by molar-refractivity contribution is 8.93. The van der Waals surface area contributed by atoms with E-state index in [1.54, 1.807) is 0 Å². The highest BCUT2D eigenvalue weighted by atomic mass is 79.9. The van der Waals surface area contributed by atoms with Crippen LogP contribution in [0.2, 0.25) is 0 Å². The Bertz CT molecular complexity index is 630. The lowest BCUT2D eigenvalue weighted by Crippen LogP contribution is -2.45. The van der Waals surface area contributed by atoms with E-state index in [-0.39, 0.29) is 23.1 Å². The van der Waals surface area contributed by atoms with Crippen LogP contribution in [-0.2, 0) is 4.74 Å². The molecule has 0 spiro atoms. The molecule has 0 aromatic heterocycles. The summed E-state index contributed by atoms with van der Waals surface area (Å²) in [6.07, 6.45) is 1.58. The predicted molar refractivity (Wildman–Crippen MR) is 94.8 cm³/mol. The van der Waals surface area contributed by atoms with Crippen LogP contribution in [0.5, 0.6) is 0 Å². The molecule has 2 aromatic carbocycles. The lowest BCUT2D eigenvalue weighted by molar-refractivity contribution is -0.0543. The Morgan fingerprint density at radius 1 is 0.955 bits per heavy atom. The van der Waals surface area contributed by atoms with Crippen LogP contribution in [0.15, 0.2) is 54.6 Å². The average Bonchev–Trinajstić information content (AvgIpc) is 2.54. The molecule has 2 aliphatic rings. The topological polar surface area (TPSA) is 12.5 Å². The monoisotopic (exact) mass is 359 g/mol. The number of benzene rings is 2. The van der Waals surface area contributed by atoms with Crippen molar-refractivity contribution in [3.05, 3.63) is 71.3 Å². The van der Waals surface area contributed by atoms with Gasteiger partial charge in [-0.1, -0.05) is 54.6 Å². The normalized spacial score (nSPS) is 27.4. The van der Waals surface area contributed by atoms with Gasteiger partial charge in [-0.2, -0.15) is 0 Å². The second-order valence-corrected chi connectivity index (χ2v) is 6.25. The molecule has 0 radical (unpaired) electrons. The molecule has 22 heavy (non-hydrogen) atoms. The third-order valence-corrected chi connectivity index (χ3v) is 4.85. The molecular weight excluding hydrogens is 338 g/mol. The first-order valence-corrected chi connectivity index (χ1v) is 7.80. The molecule has 1 saturated heterocycles. The van der Waals surface area contributed by atoms with Gasteiger partial charge in [0.05, 0.1) is 6.10 Å². The standard InChI is InChI=1S/C19H21NO.BrH/c1-20-12-11-16-15-9-5-6-10-17(15)19(21-18(16)13-20)14-7-3-2-4-8-14;/h2-10,16,18-19H,11-13H2,1H3;1H/t16-,18-,19?;/m0./s1. The van der Waals surface area contributed by atoms with Gasteiger partial charge < -0.3 is 9.64 Å². The predicted octanol–water partition coefficient (Wildman–Crippen LogP) is 4.17. The molecule has 116 valence electrons. The molecule has 0 bridgehead atoms. The summed E-state index contributed by atoms with van der Waals surface area (Å²) in [4.78, 5) is 2.39. The summed E-state index contributed by atoms with van der Waals surface area (Å²) in [7, 11) is 2.19. The van der Waals surface area contributed by atoms with Crippen LogP contribution in [0.1, 0.15) is 35.1 Å². The zero-order valence-electron chi connectivity index (χ0n) is 12.8. The van der Waals surface area contributed by atoms with Crippen molar-refractivity contribution >= 4 is 17.0 Å². The van der Waals surface area contributed by atoms with Crippen molar-refractivity contribution in [1.29, 1.82) is 0 Å². The fourth-order valence-corrected chi connectivity index (χ4v) is 3.79. The summed E-state index contributed by atoms with van der Waals surface area (Å²) in [5, 5.41) is 0. The van der Waals surface area contributed by atoms with Gasteiger partial charge in [-0.15, -0.1) is 17.0 Å². The van der Waals surface area contributed by atoms with Crippen molar-refractivity contribution in [3.63, 3.8) is 0 Å². The molecule has 3 heteroatoms. The summed E-state index contributed by atoms with van der Waals surface area (Å²) in [6, 6.07) is 19.5. The zero-order valence-corrected chi connectivity index (χ0v) is 14.5. The van der Waals surface area contributed by atoms with Crippen LogP contribution < -0.4 is 0 Å². The molecule has 3 atom stereocenters. The second-order valence-electron chi connectivity index (χ2n) is 6.25. The summed E-state index contributed by atoms with van der Waals surface area (Å²) in [5.74, 6) is 0.553. The number of nitrogens with zero attached hydrogens (tertiary/aromatic N) is 1. The van der Waals surface area contributed by atoms with Crippen molar-refractivity contribution in [2.75, 3.05) is 20.1 Å². The molecule has 2 nitrogen and oxygen atoms in total. The highest BCUT2D eigenvalue weighted by Crippen LogP contribution is 2.44. The van der Waals surface area contributed by atoms with Crippen LogP contribution in [0.3, 0.4) is 0 Å². The molecular formula is C19H22BrNO. The van der Waals surface area contributed by atoms with Gasteiger partial charge in [0, 0.05) is 12.5 Å². The minimum atomic E-state index is 0. The van der Waals surface area contributed by atoms with Crippen molar-refractivity contribution in [2.24, 2.45) is 0 Å². The van der Waals surface area contributed by atoms with E-state index < -0.39 is 0 Å². The first kappa shape index (κ1) is 15.7. The van der Waals surface area contributed by atoms with E-state index in [1.807, 2.05) is 0 Å². The molecule has 1 unspecified atom stereocenters. The number of hydrogen-bond donors (Lipinski definition) is 0. The molecule has 0 amide bonds. The number of likely N-dealkylation sites (N-methyl/N-ethyl adjacent to an activating group) is 1. The van der Waals surface area contributed by atoms with Gasteiger partial charge >= 0.3 is 0 Å². The fraction of sp³-hybridized carbons (Fsp3) is 0.368. The maximum atomic E-state index is 6.53. The Morgan fingerprint density at radius 3 is 2.41 bits per heavy atom. The Hall–Kier alpha value is -1.16. The number of ether oxygens (including phenoxy) is 1. The third-order valence-electron chi connectivity index (χ3n) is 4.85. The van der Waals surface area contributed by atoms with Gasteiger partial charge in [0.1, 0.15) is 6.10 Å². The van der Waals surface area contributed by atoms with Gasteiger partial charge in [-0.25, -0.2) is 0 Å². The number of hydrogen-bond acceptors (Lipinski definition) is 2. The van der Waals surface area contributed by atoms with E-state index in [1.165, 1.54) is 23.1 Å². The zero-order chi connectivity index (χ0) is 14.2. The largest absolute Gasteiger partial charge is 0.364 e. The van der Waals surface area contributed by atoms with E-state index in [4.69, 9.17) is 4.74 Å². The van der Waals surface area contributed by atoms with Crippen molar-refractivity contribution in [1.82, 2.24) is 4.90 Å². The molecule has 4 rings (SSSR count). The van der Waals surface area contributed by atoms with Crippen LogP contribution in [-0.4, -0.2) is 31.1 Å². The number of rotatable bonds is 1. The molecule has 0 saturated carbocycles. The fourth-order valence-electron chi connectivity index (χ4n) is 3.79. The summed E-state index contributed by atoms with van der Waals surface area (Å²) in [5.41, 5.74) is 4.11. The number of fused-ring (bicyclic) bond motifs is 3. The lowest BCUT2D eigenvalue weighted by Gasteiger charge is -2.44. The van der Waals surface area contributed by atoms with Crippen LogP contribution in [0.4, 0.5) is 0 Å². The lowest BCUT2D eigenvalue weighted by atomic mass is 9.79. The van der Waals surface area contributed by atoms with Crippen LogP contribution in [0, 0.1) is 0 Å².